The van der Waals surface area contributed by atoms with E-state index in [4.69, 9.17) is 14.2 Å². The van der Waals surface area contributed by atoms with Crippen LogP contribution in [0.5, 0.6) is 11.5 Å². The molecule has 3 aromatic carbocycles. The summed E-state index contributed by atoms with van der Waals surface area (Å²) in [4.78, 5) is 24.8. The minimum atomic E-state index is -1.61. The number of rotatable bonds is 13. The number of carboxylic acids is 2. The standard InChI is InChI=1S/C29H32O7/c1-4-5-11-25(27(30)31)26(28(32)33)36-29(20-9-7-6-8-10-20,21-12-16-23(34-2)17-13-21)22-14-18-24(35-3)19-15-22/h6-10,12-19,25-26H,4-5,11H2,1-3H3,(H,30,31)(H,32,33). The molecule has 7 nitrogen and oxygen atoms in total. The van der Waals surface area contributed by atoms with Gasteiger partial charge < -0.3 is 24.4 Å². The minimum Gasteiger partial charge on any atom is -0.497 e. The molecule has 2 N–H and O–H groups in total. The highest BCUT2D eigenvalue weighted by atomic mass is 16.5. The van der Waals surface area contributed by atoms with Crippen LogP contribution in [0.2, 0.25) is 0 Å². The molecule has 0 amide bonds. The summed E-state index contributed by atoms with van der Waals surface area (Å²) >= 11 is 0. The Morgan fingerprint density at radius 2 is 1.22 bits per heavy atom. The average molecular weight is 493 g/mol. The van der Waals surface area contributed by atoms with Gasteiger partial charge >= 0.3 is 11.9 Å². The summed E-state index contributed by atoms with van der Waals surface area (Å²) in [7, 11) is 3.12. The van der Waals surface area contributed by atoms with Crippen molar-refractivity contribution in [2.24, 2.45) is 5.92 Å². The molecule has 0 fully saturated rings. The van der Waals surface area contributed by atoms with Crippen molar-refractivity contribution in [3.05, 3.63) is 95.6 Å². The highest BCUT2D eigenvalue weighted by Gasteiger charge is 2.45. The molecule has 2 unspecified atom stereocenters. The van der Waals surface area contributed by atoms with E-state index in [9.17, 15) is 19.8 Å². The van der Waals surface area contributed by atoms with Crippen LogP contribution in [0, 0.1) is 5.92 Å². The molecule has 36 heavy (non-hydrogen) atoms. The molecule has 0 heterocycles. The van der Waals surface area contributed by atoms with Crippen LogP contribution >= 0.6 is 0 Å². The lowest BCUT2D eigenvalue weighted by atomic mass is 9.79. The van der Waals surface area contributed by atoms with E-state index >= 15 is 0 Å². The van der Waals surface area contributed by atoms with Crippen molar-refractivity contribution in [2.45, 2.75) is 37.9 Å². The maximum atomic E-state index is 12.6. The third-order valence-electron chi connectivity index (χ3n) is 6.27. The first-order valence-corrected chi connectivity index (χ1v) is 11.8. The maximum Gasteiger partial charge on any atom is 0.333 e. The summed E-state index contributed by atoms with van der Waals surface area (Å²) in [5.74, 6) is -2.53. The minimum absolute atomic E-state index is 0.179. The van der Waals surface area contributed by atoms with Crippen molar-refractivity contribution in [1.82, 2.24) is 0 Å². The second kappa shape index (κ2) is 12.2. The van der Waals surface area contributed by atoms with Gasteiger partial charge in [0.1, 0.15) is 17.1 Å². The molecule has 0 bridgehead atoms. The van der Waals surface area contributed by atoms with Crippen molar-refractivity contribution >= 4 is 11.9 Å². The first-order chi connectivity index (χ1) is 17.4. The second-order valence-corrected chi connectivity index (χ2v) is 8.47. The fourth-order valence-electron chi connectivity index (χ4n) is 4.35. The van der Waals surface area contributed by atoms with Crippen molar-refractivity contribution < 1.29 is 34.0 Å². The zero-order chi connectivity index (χ0) is 26.1. The molecule has 0 aliphatic rings. The van der Waals surface area contributed by atoms with Crippen molar-refractivity contribution in [2.75, 3.05) is 14.2 Å². The quantitative estimate of drug-likeness (QED) is 0.310. The average Bonchev–Trinajstić information content (AvgIpc) is 2.91. The summed E-state index contributed by atoms with van der Waals surface area (Å²) in [5, 5.41) is 20.2. The molecule has 0 saturated heterocycles. The number of carbonyl (C=O) groups is 2. The lowest BCUT2D eigenvalue weighted by Gasteiger charge is -2.39. The Morgan fingerprint density at radius 3 is 1.61 bits per heavy atom. The fraction of sp³-hybridized carbons (Fsp3) is 0.310. The Bertz CT molecular complexity index is 1080. The predicted molar refractivity (Wildman–Crippen MR) is 135 cm³/mol. The van der Waals surface area contributed by atoms with Crippen molar-refractivity contribution in [3.63, 3.8) is 0 Å². The van der Waals surface area contributed by atoms with E-state index in [1.54, 1.807) is 62.8 Å². The van der Waals surface area contributed by atoms with E-state index in [0.717, 1.165) is 6.42 Å². The molecule has 0 aliphatic carbocycles. The molecule has 0 saturated carbocycles. The van der Waals surface area contributed by atoms with Gasteiger partial charge in [0.25, 0.3) is 0 Å². The molecule has 2 atom stereocenters. The van der Waals surface area contributed by atoms with Crippen LogP contribution in [0.3, 0.4) is 0 Å². The molecule has 190 valence electrons. The van der Waals surface area contributed by atoms with E-state index in [0.29, 0.717) is 34.6 Å². The van der Waals surface area contributed by atoms with E-state index < -0.39 is 29.6 Å². The van der Waals surface area contributed by atoms with Crippen molar-refractivity contribution in [3.8, 4) is 11.5 Å². The number of methoxy groups -OCH3 is 2. The number of hydrogen-bond donors (Lipinski definition) is 2. The third kappa shape index (κ3) is 5.69. The van der Waals surface area contributed by atoms with Crippen LogP contribution in [-0.2, 0) is 19.9 Å². The summed E-state index contributed by atoms with van der Waals surface area (Å²) in [6.45, 7) is 1.93. The number of benzene rings is 3. The van der Waals surface area contributed by atoms with Gasteiger partial charge in [0.15, 0.2) is 6.10 Å². The largest absolute Gasteiger partial charge is 0.497 e. The van der Waals surface area contributed by atoms with E-state index in [-0.39, 0.29) is 6.42 Å². The zero-order valence-corrected chi connectivity index (χ0v) is 20.7. The lowest BCUT2D eigenvalue weighted by Crippen LogP contribution is -2.45. The summed E-state index contributed by atoms with van der Waals surface area (Å²) in [6, 6.07) is 23.5. The van der Waals surface area contributed by atoms with Gasteiger partial charge in [-0.05, 0) is 47.4 Å². The van der Waals surface area contributed by atoms with Crippen LogP contribution in [-0.4, -0.2) is 42.5 Å². The van der Waals surface area contributed by atoms with E-state index in [1.165, 1.54) is 0 Å². The smallest absolute Gasteiger partial charge is 0.333 e. The van der Waals surface area contributed by atoms with Gasteiger partial charge in [-0.25, -0.2) is 4.79 Å². The molecular weight excluding hydrogens is 460 g/mol. The van der Waals surface area contributed by atoms with E-state index in [1.807, 2.05) is 37.3 Å². The summed E-state index contributed by atoms with van der Waals surface area (Å²) in [5.41, 5.74) is 0.491. The van der Waals surface area contributed by atoms with E-state index in [2.05, 4.69) is 0 Å². The summed E-state index contributed by atoms with van der Waals surface area (Å²) < 4.78 is 17.2. The monoisotopic (exact) mass is 492 g/mol. The number of carboxylic acid groups (broad SMARTS) is 2. The maximum absolute atomic E-state index is 12.6. The number of hydrogen-bond acceptors (Lipinski definition) is 5. The Labute approximate surface area is 211 Å². The molecule has 7 heteroatoms. The molecule has 3 aromatic rings. The van der Waals surface area contributed by atoms with Gasteiger partial charge in [-0.3, -0.25) is 4.79 Å². The first-order valence-electron chi connectivity index (χ1n) is 11.8. The Kier molecular flexibility index (Phi) is 9.08. The van der Waals surface area contributed by atoms with Gasteiger partial charge in [0.05, 0.1) is 20.1 Å². The molecule has 0 aliphatic heterocycles. The topological polar surface area (TPSA) is 102 Å². The van der Waals surface area contributed by atoms with Crippen LogP contribution in [0.4, 0.5) is 0 Å². The van der Waals surface area contributed by atoms with Gasteiger partial charge in [0, 0.05) is 0 Å². The van der Waals surface area contributed by atoms with Crippen molar-refractivity contribution in [1.29, 1.82) is 0 Å². The highest BCUT2D eigenvalue weighted by Crippen LogP contribution is 2.43. The lowest BCUT2D eigenvalue weighted by molar-refractivity contribution is -0.173. The fourth-order valence-corrected chi connectivity index (χ4v) is 4.35. The van der Waals surface area contributed by atoms with Crippen LogP contribution in [0.1, 0.15) is 42.9 Å². The summed E-state index contributed by atoms with van der Waals surface area (Å²) in [6.07, 6.45) is -0.137. The molecular formula is C29H32O7. The number of ether oxygens (including phenoxy) is 3. The first kappa shape index (κ1) is 26.8. The number of aliphatic carboxylic acids is 2. The zero-order valence-electron chi connectivity index (χ0n) is 20.7. The van der Waals surface area contributed by atoms with Gasteiger partial charge in [0.2, 0.25) is 0 Å². The SMILES string of the molecule is CCCCC(C(=O)O)C(OC(c1ccccc1)(c1ccc(OC)cc1)c1ccc(OC)cc1)C(=O)O. The van der Waals surface area contributed by atoms with Crippen LogP contribution in [0.25, 0.3) is 0 Å². The molecule has 0 radical (unpaired) electrons. The second-order valence-electron chi connectivity index (χ2n) is 8.47. The molecule has 3 rings (SSSR count). The Morgan fingerprint density at radius 1 is 0.750 bits per heavy atom. The Hall–Kier alpha value is -3.84. The van der Waals surface area contributed by atoms with Gasteiger partial charge in [-0.2, -0.15) is 0 Å². The molecule has 0 aromatic heterocycles. The third-order valence-corrected chi connectivity index (χ3v) is 6.27. The van der Waals surface area contributed by atoms with Crippen LogP contribution < -0.4 is 9.47 Å². The number of unbranched alkanes of at least 4 members (excludes halogenated alkanes) is 1. The normalized spacial score (nSPS) is 13.0. The van der Waals surface area contributed by atoms with Crippen LogP contribution in [0.15, 0.2) is 78.9 Å². The Balaban J connectivity index is 2.30. The highest BCUT2D eigenvalue weighted by molar-refractivity contribution is 5.82. The van der Waals surface area contributed by atoms with Gasteiger partial charge in [-0.15, -0.1) is 0 Å². The molecule has 0 spiro atoms. The van der Waals surface area contributed by atoms with Gasteiger partial charge in [-0.1, -0.05) is 74.4 Å². The predicted octanol–water partition coefficient (Wildman–Crippen LogP) is 5.36.